The molecule has 2 aromatic carbocycles. The summed E-state index contributed by atoms with van der Waals surface area (Å²) in [4.78, 5) is 11.6. The van der Waals surface area contributed by atoms with Crippen molar-refractivity contribution in [1.29, 1.82) is 0 Å². The molecule has 166 valence electrons. The fourth-order valence-corrected chi connectivity index (χ4v) is 4.61. The number of carboxylic acid groups (broad SMARTS) is 1. The molecular formula is C26H31ClO4. The molecule has 1 heterocycles. The summed E-state index contributed by atoms with van der Waals surface area (Å²) in [7, 11) is 0. The monoisotopic (exact) mass is 442 g/mol. The van der Waals surface area contributed by atoms with Crippen molar-refractivity contribution in [2.24, 2.45) is 11.8 Å². The summed E-state index contributed by atoms with van der Waals surface area (Å²) in [6, 6.07) is 13.0. The molecule has 0 spiro atoms. The standard InChI is InChI=1S/C26H31ClO4/c1-6-30-23-12-9-18(26(28)29)13-22(23)25-20(15(2)3)14-21(24(31-25)16(4)5)17-7-10-19(27)11-8-17/h7-13,16,20-21,24-25H,2,6,14H2,1,3-5H3,(H,28,29)/t20-,21-,24-,25+/m1/s1. The molecule has 0 bridgehead atoms. The molecule has 2 aromatic rings. The number of benzene rings is 2. The average molecular weight is 443 g/mol. The van der Waals surface area contributed by atoms with Crippen molar-refractivity contribution < 1.29 is 19.4 Å². The normalized spacial score (nSPS) is 23.5. The average Bonchev–Trinajstić information content (AvgIpc) is 2.73. The van der Waals surface area contributed by atoms with E-state index < -0.39 is 5.97 Å². The molecule has 0 aromatic heterocycles. The van der Waals surface area contributed by atoms with Crippen LogP contribution >= 0.6 is 11.6 Å². The highest BCUT2D eigenvalue weighted by Crippen LogP contribution is 2.49. The molecule has 0 unspecified atom stereocenters. The second-order valence-corrected chi connectivity index (χ2v) is 9.04. The van der Waals surface area contributed by atoms with Gasteiger partial charge in [-0.1, -0.05) is 49.7 Å². The lowest BCUT2D eigenvalue weighted by Gasteiger charge is -2.44. The van der Waals surface area contributed by atoms with Gasteiger partial charge in [-0.25, -0.2) is 4.79 Å². The number of rotatable bonds is 7. The van der Waals surface area contributed by atoms with Gasteiger partial charge in [0.1, 0.15) is 5.75 Å². The Morgan fingerprint density at radius 3 is 2.48 bits per heavy atom. The molecule has 3 rings (SSSR count). The minimum atomic E-state index is -0.966. The topological polar surface area (TPSA) is 55.8 Å². The van der Waals surface area contributed by atoms with Crippen molar-refractivity contribution in [2.75, 3.05) is 6.61 Å². The number of hydrogen-bond donors (Lipinski definition) is 1. The molecule has 1 saturated heterocycles. The Labute approximate surface area is 189 Å². The molecular weight excluding hydrogens is 412 g/mol. The second-order valence-electron chi connectivity index (χ2n) is 8.60. The highest BCUT2D eigenvalue weighted by atomic mass is 35.5. The molecule has 0 saturated carbocycles. The first-order chi connectivity index (χ1) is 14.7. The van der Waals surface area contributed by atoms with Crippen molar-refractivity contribution in [3.8, 4) is 5.75 Å². The third-order valence-electron chi connectivity index (χ3n) is 6.02. The largest absolute Gasteiger partial charge is 0.493 e. The molecule has 31 heavy (non-hydrogen) atoms. The summed E-state index contributed by atoms with van der Waals surface area (Å²) in [5, 5.41) is 10.3. The molecule has 1 N–H and O–H groups in total. The number of hydrogen-bond acceptors (Lipinski definition) is 3. The van der Waals surface area contributed by atoms with Crippen molar-refractivity contribution in [3.63, 3.8) is 0 Å². The quantitative estimate of drug-likeness (QED) is 0.474. The molecule has 4 atom stereocenters. The van der Waals surface area contributed by atoms with Crippen molar-refractivity contribution >= 4 is 17.6 Å². The predicted molar refractivity (Wildman–Crippen MR) is 124 cm³/mol. The summed E-state index contributed by atoms with van der Waals surface area (Å²) in [5.74, 6) is 0.183. The van der Waals surface area contributed by atoms with Crippen LogP contribution in [0.25, 0.3) is 0 Å². The molecule has 0 aliphatic carbocycles. The smallest absolute Gasteiger partial charge is 0.335 e. The summed E-state index contributed by atoms with van der Waals surface area (Å²) < 4.78 is 12.6. The number of aromatic carboxylic acids is 1. The Bertz CT molecular complexity index is 935. The fourth-order valence-electron chi connectivity index (χ4n) is 4.49. The molecule has 1 aliphatic heterocycles. The van der Waals surface area contributed by atoms with Gasteiger partial charge in [0.05, 0.1) is 24.4 Å². The maximum atomic E-state index is 11.6. The second kappa shape index (κ2) is 9.88. The van der Waals surface area contributed by atoms with Gasteiger partial charge in [-0.05, 0) is 62.1 Å². The number of carbonyl (C=O) groups is 1. The van der Waals surface area contributed by atoms with Gasteiger partial charge in [0, 0.05) is 22.4 Å². The van der Waals surface area contributed by atoms with Gasteiger partial charge in [0.25, 0.3) is 0 Å². The first-order valence-corrected chi connectivity index (χ1v) is 11.2. The molecule has 5 heteroatoms. The highest BCUT2D eigenvalue weighted by molar-refractivity contribution is 6.30. The van der Waals surface area contributed by atoms with E-state index in [9.17, 15) is 9.90 Å². The number of carboxylic acids is 1. The van der Waals surface area contributed by atoms with Gasteiger partial charge in [-0.3, -0.25) is 0 Å². The first-order valence-electron chi connectivity index (χ1n) is 10.8. The van der Waals surface area contributed by atoms with Crippen LogP contribution in [0.5, 0.6) is 5.75 Å². The zero-order valence-corrected chi connectivity index (χ0v) is 19.4. The van der Waals surface area contributed by atoms with Gasteiger partial charge >= 0.3 is 5.97 Å². The van der Waals surface area contributed by atoms with Crippen molar-refractivity contribution in [1.82, 2.24) is 0 Å². The summed E-state index contributed by atoms with van der Waals surface area (Å²) in [6.45, 7) is 13.0. The molecule has 1 aliphatic rings. The lowest BCUT2D eigenvalue weighted by Crippen LogP contribution is -2.39. The van der Waals surface area contributed by atoms with E-state index in [2.05, 4.69) is 32.6 Å². The Morgan fingerprint density at radius 2 is 1.94 bits per heavy atom. The highest BCUT2D eigenvalue weighted by Gasteiger charge is 2.42. The maximum Gasteiger partial charge on any atom is 0.335 e. The van der Waals surface area contributed by atoms with Crippen LogP contribution in [0, 0.1) is 11.8 Å². The Hall–Kier alpha value is -2.30. The molecule has 0 radical (unpaired) electrons. The fraction of sp³-hybridized carbons (Fsp3) is 0.423. The zero-order valence-electron chi connectivity index (χ0n) is 18.6. The van der Waals surface area contributed by atoms with Crippen LogP contribution in [0.15, 0.2) is 54.6 Å². The summed E-state index contributed by atoms with van der Waals surface area (Å²) in [5.41, 5.74) is 3.20. The number of halogens is 1. The SMILES string of the molecule is C=C(C)[C@H]1C[C@H](c2ccc(Cl)cc2)[C@@H](C(C)C)O[C@@H]1c1cc(C(=O)O)ccc1OCC. The third-order valence-corrected chi connectivity index (χ3v) is 6.28. The van der Waals surface area contributed by atoms with Gasteiger partial charge < -0.3 is 14.6 Å². The van der Waals surface area contributed by atoms with Crippen LogP contribution in [0.2, 0.25) is 5.02 Å². The van der Waals surface area contributed by atoms with Crippen molar-refractivity contribution in [2.45, 2.75) is 52.2 Å². The molecule has 0 amide bonds. The zero-order chi connectivity index (χ0) is 22.7. The lowest BCUT2D eigenvalue weighted by molar-refractivity contribution is -0.109. The van der Waals surface area contributed by atoms with E-state index >= 15 is 0 Å². The van der Waals surface area contributed by atoms with Crippen LogP contribution in [-0.2, 0) is 4.74 Å². The third kappa shape index (κ3) is 5.13. The van der Waals surface area contributed by atoms with Gasteiger partial charge in [-0.15, -0.1) is 0 Å². The van der Waals surface area contributed by atoms with Crippen LogP contribution in [0.4, 0.5) is 0 Å². The minimum Gasteiger partial charge on any atom is -0.493 e. The first kappa shape index (κ1) is 23.4. The van der Waals surface area contributed by atoms with E-state index in [0.29, 0.717) is 17.4 Å². The predicted octanol–water partition coefficient (Wildman–Crippen LogP) is 6.90. The van der Waals surface area contributed by atoms with Crippen LogP contribution in [-0.4, -0.2) is 23.8 Å². The maximum absolute atomic E-state index is 11.6. The van der Waals surface area contributed by atoms with Gasteiger partial charge in [0.15, 0.2) is 0 Å². The van der Waals surface area contributed by atoms with Gasteiger partial charge in [-0.2, -0.15) is 0 Å². The van der Waals surface area contributed by atoms with E-state index in [-0.39, 0.29) is 35.5 Å². The Kier molecular flexibility index (Phi) is 7.45. The number of ether oxygens (including phenoxy) is 2. The minimum absolute atomic E-state index is 0.0268. The summed E-state index contributed by atoms with van der Waals surface area (Å²) >= 11 is 6.11. The van der Waals surface area contributed by atoms with E-state index in [1.54, 1.807) is 18.2 Å². The Morgan fingerprint density at radius 1 is 1.26 bits per heavy atom. The van der Waals surface area contributed by atoms with Crippen LogP contribution in [0.3, 0.4) is 0 Å². The van der Waals surface area contributed by atoms with E-state index in [1.807, 2.05) is 26.0 Å². The Balaban J connectivity index is 2.07. The molecule has 1 fully saturated rings. The summed E-state index contributed by atoms with van der Waals surface area (Å²) in [6.07, 6.45) is 0.493. The van der Waals surface area contributed by atoms with E-state index in [4.69, 9.17) is 21.1 Å². The van der Waals surface area contributed by atoms with Crippen molar-refractivity contribution in [3.05, 3.63) is 76.3 Å². The van der Waals surface area contributed by atoms with Crippen LogP contribution in [0.1, 0.15) is 67.6 Å². The van der Waals surface area contributed by atoms with Gasteiger partial charge in [0.2, 0.25) is 0 Å². The van der Waals surface area contributed by atoms with E-state index in [1.165, 1.54) is 5.56 Å². The van der Waals surface area contributed by atoms with E-state index in [0.717, 1.165) is 17.6 Å². The lowest BCUT2D eigenvalue weighted by atomic mass is 9.73. The van der Waals surface area contributed by atoms with Crippen LogP contribution < -0.4 is 4.74 Å². The molecule has 4 nitrogen and oxygen atoms in total.